The normalized spacial score (nSPS) is 17.1. The molecule has 1 saturated heterocycles. The third kappa shape index (κ3) is 6.82. The number of alkyl halides is 3. The second kappa shape index (κ2) is 10.1. The smallest absolute Gasteiger partial charge is 0.491 e. The molecule has 6 nitrogen and oxygen atoms in total. The Balaban J connectivity index is 0.00000320. The molecule has 1 fully saturated rings. The second-order valence-corrected chi connectivity index (χ2v) is 7.35. The number of carbonyl (C=O) groups excluding carboxylic acids is 2. The number of ether oxygens (including phenoxy) is 2. The Hall–Kier alpha value is -2.43. The molecule has 2 amide bonds. The highest BCUT2D eigenvalue weighted by Crippen LogP contribution is 2.26. The van der Waals surface area contributed by atoms with Gasteiger partial charge in [0.1, 0.15) is 24.2 Å². The molecule has 3 rings (SSSR count). The molecule has 0 spiro atoms. The van der Waals surface area contributed by atoms with E-state index in [-0.39, 0.29) is 35.9 Å². The molecule has 0 aromatic heterocycles. The Bertz CT molecular complexity index is 877. The fourth-order valence-corrected chi connectivity index (χ4v) is 3.49. The number of halogens is 4. The van der Waals surface area contributed by atoms with E-state index >= 15 is 0 Å². The van der Waals surface area contributed by atoms with Gasteiger partial charge >= 0.3 is 6.36 Å². The van der Waals surface area contributed by atoms with Crippen LogP contribution in [0.2, 0.25) is 0 Å². The zero-order valence-electron chi connectivity index (χ0n) is 15.2. The maximum Gasteiger partial charge on any atom is 0.573 e. The fourth-order valence-electron chi connectivity index (χ4n) is 2.63. The number of imide groups is 1. The molecule has 1 heterocycles. The molecule has 1 aliphatic rings. The van der Waals surface area contributed by atoms with Crippen LogP contribution in [-0.4, -0.2) is 34.5 Å². The first kappa shape index (κ1) is 23.8. The Morgan fingerprint density at radius 2 is 1.63 bits per heavy atom. The average Bonchev–Trinajstić information content (AvgIpc) is 2.97. The Morgan fingerprint density at radius 3 is 2.17 bits per heavy atom. The zero-order valence-corrected chi connectivity index (χ0v) is 16.9. The summed E-state index contributed by atoms with van der Waals surface area (Å²) in [5, 5.41) is 11.6. The van der Waals surface area contributed by atoms with Crippen molar-refractivity contribution in [3.63, 3.8) is 0 Å². The molecule has 1 unspecified atom stereocenters. The lowest BCUT2D eigenvalue weighted by Crippen LogP contribution is -2.25. The number of aliphatic hydroxyl groups is 1. The SMILES string of the molecule is Cl.O=C1NC(=O)C(Cc2ccc(OC[C@@H](O)c3ccc(OC(F)(F)F)cc3)cc2)S1. The van der Waals surface area contributed by atoms with Crippen LogP contribution in [-0.2, 0) is 11.2 Å². The second-order valence-electron chi connectivity index (χ2n) is 6.17. The van der Waals surface area contributed by atoms with E-state index in [0.29, 0.717) is 17.7 Å². The van der Waals surface area contributed by atoms with Crippen molar-refractivity contribution in [3.05, 3.63) is 59.7 Å². The maximum absolute atomic E-state index is 12.2. The molecule has 1 aliphatic heterocycles. The number of thioether (sulfide) groups is 1. The molecular formula is C19H17ClF3NO5S. The van der Waals surface area contributed by atoms with Gasteiger partial charge in [-0.2, -0.15) is 0 Å². The zero-order chi connectivity index (χ0) is 21.0. The predicted molar refractivity (Wildman–Crippen MR) is 106 cm³/mol. The number of hydrogen-bond acceptors (Lipinski definition) is 6. The van der Waals surface area contributed by atoms with Crippen LogP contribution in [0.15, 0.2) is 48.5 Å². The minimum Gasteiger partial charge on any atom is -0.491 e. The van der Waals surface area contributed by atoms with Gasteiger partial charge in [-0.3, -0.25) is 14.9 Å². The van der Waals surface area contributed by atoms with Gasteiger partial charge in [-0.25, -0.2) is 0 Å². The summed E-state index contributed by atoms with van der Waals surface area (Å²) in [4.78, 5) is 22.8. The number of hydrogen-bond donors (Lipinski definition) is 2. The lowest BCUT2D eigenvalue weighted by atomic mass is 10.1. The van der Waals surface area contributed by atoms with Crippen LogP contribution in [0, 0.1) is 0 Å². The highest BCUT2D eigenvalue weighted by atomic mass is 35.5. The minimum atomic E-state index is -4.77. The van der Waals surface area contributed by atoms with Crippen molar-refractivity contribution >= 4 is 35.3 Å². The molecule has 2 atom stereocenters. The highest BCUT2D eigenvalue weighted by molar-refractivity contribution is 8.15. The average molecular weight is 464 g/mol. The summed E-state index contributed by atoms with van der Waals surface area (Å²) >= 11 is 0.953. The lowest BCUT2D eigenvalue weighted by Gasteiger charge is -2.14. The third-order valence-electron chi connectivity index (χ3n) is 4.02. The van der Waals surface area contributed by atoms with Crippen LogP contribution in [0.1, 0.15) is 17.2 Å². The van der Waals surface area contributed by atoms with Gasteiger partial charge in [0.05, 0.1) is 5.25 Å². The van der Waals surface area contributed by atoms with E-state index in [0.717, 1.165) is 29.5 Å². The fraction of sp³-hybridized carbons (Fsp3) is 0.263. The van der Waals surface area contributed by atoms with E-state index in [4.69, 9.17) is 4.74 Å². The molecule has 0 saturated carbocycles. The van der Waals surface area contributed by atoms with Gasteiger partial charge in [0, 0.05) is 0 Å². The van der Waals surface area contributed by atoms with Crippen LogP contribution in [0.3, 0.4) is 0 Å². The van der Waals surface area contributed by atoms with Crippen LogP contribution in [0.5, 0.6) is 11.5 Å². The first-order valence-electron chi connectivity index (χ1n) is 8.46. The number of amides is 2. The van der Waals surface area contributed by atoms with E-state index in [1.807, 2.05) is 0 Å². The van der Waals surface area contributed by atoms with Crippen molar-refractivity contribution in [2.45, 2.75) is 24.1 Å². The highest BCUT2D eigenvalue weighted by Gasteiger charge is 2.32. The van der Waals surface area contributed by atoms with Crippen molar-refractivity contribution in [1.29, 1.82) is 0 Å². The standard InChI is InChI=1S/C19H16F3NO5S.ClH/c20-19(21,22)28-14-7-3-12(4-8-14)15(24)10-27-13-5-1-11(2-6-13)9-16-17(25)23-18(26)29-16;/h1-8,15-16,24H,9-10H2,(H,23,25,26);1H/t15-,16?;/m1./s1. The quantitative estimate of drug-likeness (QED) is 0.645. The van der Waals surface area contributed by atoms with Crippen LogP contribution in [0.4, 0.5) is 18.0 Å². The minimum absolute atomic E-state index is 0. The van der Waals surface area contributed by atoms with Gasteiger partial charge in [-0.05, 0) is 41.8 Å². The molecular weight excluding hydrogens is 447 g/mol. The summed E-state index contributed by atoms with van der Waals surface area (Å²) in [6.07, 6.45) is -5.41. The van der Waals surface area contributed by atoms with Crippen LogP contribution >= 0.6 is 24.2 Å². The molecule has 2 N–H and O–H groups in total. The maximum atomic E-state index is 12.2. The monoisotopic (exact) mass is 463 g/mol. The van der Waals surface area contributed by atoms with Crippen molar-refractivity contribution in [2.75, 3.05) is 6.61 Å². The summed E-state index contributed by atoms with van der Waals surface area (Å²) in [5.74, 6) is -0.208. The van der Waals surface area contributed by atoms with E-state index in [1.165, 1.54) is 12.1 Å². The summed E-state index contributed by atoms with van der Waals surface area (Å²) in [7, 11) is 0. The van der Waals surface area contributed by atoms with E-state index in [9.17, 15) is 27.9 Å². The molecule has 0 aliphatic carbocycles. The predicted octanol–water partition coefficient (Wildman–Crippen LogP) is 4.01. The van der Waals surface area contributed by atoms with Crippen LogP contribution in [0.25, 0.3) is 0 Å². The number of nitrogens with one attached hydrogen (secondary N) is 1. The molecule has 30 heavy (non-hydrogen) atoms. The van der Waals surface area contributed by atoms with Gasteiger partial charge in [-0.15, -0.1) is 25.6 Å². The molecule has 2 aromatic rings. The van der Waals surface area contributed by atoms with Gasteiger partial charge in [0.2, 0.25) is 5.91 Å². The summed E-state index contributed by atoms with van der Waals surface area (Å²) in [5.41, 5.74) is 1.23. The van der Waals surface area contributed by atoms with Crippen molar-refractivity contribution in [3.8, 4) is 11.5 Å². The Morgan fingerprint density at radius 1 is 1.03 bits per heavy atom. The molecule has 2 aromatic carbocycles. The van der Waals surface area contributed by atoms with E-state index in [1.54, 1.807) is 24.3 Å². The van der Waals surface area contributed by atoms with Gasteiger partial charge in [0.15, 0.2) is 0 Å². The Kier molecular flexibility index (Phi) is 7.99. The molecule has 0 bridgehead atoms. The molecule has 11 heteroatoms. The largest absolute Gasteiger partial charge is 0.573 e. The third-order valence-corrected chi connectivity index (χ3v) is 5.00. The number of carbonyl (C=O) groups is 2. The van der Waals surface area contributed by atoms with E-state index < -0.39 is 17.7 Å². The van der Waals surface area contributed by atoms with Gasteiger partial charge < -0.3 is 14.6 Å². The number of rotatable bonds is 7. The Labute approximate surface area is 180 Å². The van der Waals surface area contributed by atoms with E-state index in [2.05, 4.69) is 10.1 Å². The number of aliphatic hydroxyl groups excluding tert-OH is 1. The van der Waals surface area contributed by atoms with Crippen molar-refractivity contribution in [1.82, 2.24) is 5.32 Å². The van der Waals surface area contributed by atoms with Gasteiger partial charge in [-0.1, -0.05) is 36.0 Å². The molecule has 162 valence electrons. The first-order chi connectivity index (χ1) is 13.7. The summed E-state index contributed by atoms with van der Waals surface area (Å²) < 4.78 is 45.8. The van der Waals surface area contributed by atoms with Gasteiger partial charge in [0.25, 0.3) is 5.24 Å². The topological polar surface area (TPSA) is 84.9 Å². The molecule has 0 radical (unpaired) electrons. The first-order valence-corrected chi connectivity index (χ1v) is 9.34. The van der Waals surface area contributed by atoms with Crippen molar-refractivity contribution < 1.29 is 37.3 Å². The summed E-state index contributed by atoms with van der Waals surface area (Å²) in [6.45, 7) is -0.103. The summed E-state index contributed by atoms with van der Waals surface area (Å²) in [6, 6.07) is 11.7. The number of benzene rings is 2. The lowest BCUT2D eigenvalue weighted by molar-refractivity contribution is -0.274. The van der Waals surface area contributed by atoms with Crippen molar-refractivity contribution in [2.24, 2.45) is 0 Å². The van der Waals surface area contributed by atoms with Crippen LogP contribution < -0.4 is 14.8 Å².